The Morgan fingerprint density at radius 3 is 2.46 bits per heavy atom. The first-order chi connectivity index (χ1) is 25.1. The molecule has 3 aliphatic rings. The summed E-state index contributed by atoms with van der Waals surface area (Å²) in [6.07, 6.45) is 5.56. The molecule has 0 radical (unpaired) electrons. The number of likely N-dealkylation sites (tertiary alicyclic amines) is 1. The number of carboxylic acid groups (broad SMARTS) is 1. The van der Waals surface area contributed by atoms with Crippen LogP contribution in [0.15, 0.2) is 83.5 Å². The molecule has 0 spiro atoms. The van der Waals surface area contributed by atoms with Crippen LogP contribution < -0.4 is 11.1 Å². The van der Waals surface area contributed by atoms with Crippen molar-refractivity contribution in [2.24, 2.45) is 11.8 Å². The third-order valence-corrected chi connectivity index (χ3v) is 10.2. The molecular formula is C40H38F3N5O4. The Bertz CT molecular complexity index is 2100. The van der Waals surface area contributed by atoms with E-state index in [-0.39, 0.29) is 17.4 Å². The molecule has 5 aromatic rings. The van der Waals surface area contributed by atoms with E-state index in [1.54, 1.807) is 0 Å². The van der Waals surface area contributed by atoms with Crippen molar-refractivity contribution in [3.63, 3.8) is 0 Å². The molecule has 1 saturated heterocycles. The van der Waals surface area contributed by atoms with E-state index in [1.165, 1.54) is 27.8 Å². The topological polar surface area (TPSA) is 135 Å². The number of carbonyl (C=O) groups is 2. The smallest absolute Gasteiger partial charge is 0.309 e. The monoisotopic (exact) mass is 709 g/mol. The van der Waals surface area contributed by atoms with Crippen molar-refractivity contribution in [3.05, 3.63) is 125 Å². The summed E-state index contributed by atoms with van der Waals surface area (Å²) >= 11 is 0. The highest BCUT2D eigenvalue weighted by atomic mass is 19.1. The summed E-state index contributed by atoms with van der Waals surface area (Å²) in [5, 5.41) is 15.7. The molecule has 1 amide bonds. The number of nitrogens with one attached hydrogen (secondary N) is 1. The Morgan fingerprint density at radius 1 is 1.00 bits per heavy atom. The molecular weight excluding hydrogens is 671 g/mol. The van der Waals surface area contributed by atoms with Crippen molar-refractivity contribution < 1.29 is 32.4 Å². The summed E-state index contributed by atoms with van der Waals surface area (Å²) in [6, 6.07) is 20.4. The van der Waals surface area contributed by atoms with Crippen LogP contribution in [0.25, 0.3) is 22.5 Å². The summed E-state index contributed by atoms with van der Waals surface area (Å²) in [5.74, 6) is -5.49. The van der Waals surface area contributed by atoms with Crippen LogP contribution in [0, 0.1) is 29.3 Å². The van der Waals surface area contributed by atoms with E-state index < -0.39 is 46.9 Å². The number of piperidine rings is 1. The SMILES string of the molecule is C[C@@H](c1ccccn1)c1ccc2c(c1N)Cc1ccccc1-2.O=C(N[C@H]1CCN(CC2CC2)C[C@@H]1C(=O)O)c1cc(-c2c(F)cc(F)cc2F)on1. The van der Waals surface area contributed by atoms with Crippen LogP contribution in [-0.4, -0.2) is 57.7 Å². The Kier molecular flexibility index (Phi) is 9.83. The predicted octanol–water partition coefficient (Wildman–Crippen LogP) is 7.06. The number of benzene rings is 3. The molecule has 268 valence electrons. The first-order valence-electron chi connectivity index (χ1n) is 17.4. The van der Waals surface area contributed by atoms with Crippen LogP contribution in [-0.2, 0) is 11.2 Å². The molecule has 4 N–H and O–H groups in total. The van der Waals surface area contributed by atoms with Gasteiger partial charge in [-0.3, -0.25) is 14.6 Å². The Hall–Kier alpha value is -5.49. The largest absolute Gasteiger partial charge is 0.481 e. The molecule has 0 unspecified atom stereocenters. The van der Waals surface area contributed by atoms with Gasteiger partial charge in [0.15, 0.2) is 11.5 Å². The Balaban J connectivity index is 0.000000169. The number of hydrogen-bond acceptors (Lipinski definition) is 7. The van der Waals surface area contributed by atoms with Crippen molar-refractivity contribution in [2.45, 2.75) is 44.6 Å². The van der Waals surface area contributed by atoms with Crippen molar-refractivity contribution in [3.8, 4) is 22.5 Å². The average Bonchev–Trinajstić information content (AvgIpc) is 3.66. The molecule has 8 rings (SSSR count). The minimum absolute atomic E-state index is 0.204. The van der Waals surface area contributed by atoms with Gasteiger partial charge in [0.05, 0.1) is 11.5 Å². The second-order valence-corrected chi connectivity index (χ2v) is 13.7. The summed E-state index contributed by atoms with van der Waals surface area (Å²) in [4.78, 5) is 30.8. The normalized spacial score (nSPS) is 18.5. The standard InChI is InChI=1S/C20H20F3N3O4.C20H18N2/c21-11-5-13(22)18(14(23)6-11)17-7-16(25-30-17)19(27)24-15-3-4-26(8-10-1-2-10)9-12(15)20(28)29;1-13(19-8-4-5-11-22-19)15-9-10-17-16-7-3-2-6-14(16)12-18(17)20(15)21/h5-7,10,12,15H,1-4,8-9H2,(H,24,27)(H,28,29);2-11,13H,12,21H2,1H3/t12-,15-;13-/m01/s1. The van der Waals surface area contributed by atoms with Crippen LogP contribution in [0.1, 0.15) is 65.0 Å². The van der Waals surface area contributed by atoms with E-state index in [2.05, 4.69) is 69.7 Å². The summed E-state index contributed by atoms with van der Waals surface area (Å²) < 4.78 is 45.8. The number of nitrogens with zero attached hydrogens (tertiary/aromatic N) is 3. The number of nitrogens with two attached hydrogens (primary N) is 1. The van der Waals surface area contributed by atoms with E-state index in [9.17, 15) is 27.9 Å². The molecule has 52 heavy (non-hydrogen) atoms. The van der Waals surface area contributed by atoms with E-state index in [0.29, 0.717) is 37.6 Å². The number of amides is 1. The van der Waals surface area contributed by atoms with Crippen LogP contribution in [0.5, 0.6) is 0 Å². The quantitative estimate of drug-likeness (QED) is 0.143. The van der Waals surface area contributed by atoms with Crippen LogP contribution in [0.4, 0.5) is 18.9 Å². The lowest BCUT2D eigenvalue weighted by Crippen LogP contribution is -2.53. The fourth-order valence-corrected chi connectivity index (χ4v) is 7.22. The van der Waals surface area contributed by atoms with E-state index >= 15 is 0 Å². The maximum atomic E-state index is 13.9. The number of nitrogen functional groups attached to an aromatic ring is 1. The van der Waals surface area contributed by atoms with Gasteiger partial charge in [-0.25, -0.2) is 13.2 Å². The first-order valence-corrected chi connectivity index (χ1v) is 17.4. The number of anilines is 1. The number of aliphatic carboxylic acids is 1. The second kappa shape index (κ2) is 14.6. The highest BCUT2D eigenvalue weighted by molar-refractivity contribution is 5.93. The molecule has 2 aromatic heterocycles. The lowest BCUT2D eigenvalue weighted by Gasteiger charge is -2.36. The molecule has 3 heterocycles. The summed E-state index contributed by atoms with van der Waals surface area (Å²) in [5.41, 5.74) is 14.0. The zero-order valence-electron chi connectivity index (χ0n) is 28.5. The maximum absolute atomic E-state index is 13.9. The number of aromatic nitrogens is 2. The molecule has 3 aromatic carbocycles. The van der Waals surface area contributed by atoms with Gasteiger partial charge in [-0.1, -0.05) is 54.5 Å². The van der Waals surface area contributed by atoms with Crippen molar-refractivity contribution in [1.29, 1.82) is 0 Å². The maximum Gasteiger partial charge on any atom is 0.309 e. The summed E-state index contributed by atoms with van der Waals surface area (Å²) in [7, 11) is 0. The molecule has 12 heteroatoms. The van der Waals surface area contributed by atoms with E-state index in [4.69, 9.17) is 10.3 Å². The number of rotatable bonds is 8. The van der Waals surface area contributed by atoms with Gasteiger partial charge in [0.25, 0.3) is 5.91 Å². The lowest BCUT2D eigenvalue weighted by atomic mass is 9.91. The highest BCUT2D eigenvalue weighted by Crippen LogP contribution is 2.42. The van der Waals surface area contributed by atoms with Crippen LogP contribution in [0.2, 0.25) is 0 Å². The highest BCUT2D eigenvalue weighted by Gasteiger charge is 2.37. The predicted molar refractivity (Wildman–Crippen MR) is 189 cm³/mol. The van der Waals surface area contributed by atoms with Crippen LogP contribution in [0.3, 0.4) is 0 Å². The third kappa shape index (κ3) is 7.29. The number of halogens is 3. The number of fused-ring (bicyclic) bond motifs is 3. The number of pyridine rings is 1. The average molecular weight is 710 g/mol. The number of carboxylic acids is 1. The molecule has 3 atom stereocenters. The van der Waals surface area contributed by atoms with Crippen LogP contribution >= 0.6 is 0 Å². The third-order valence-electron chi connectivity index (χ3n) is 10.2. The van der Waals surface area contributed by atoms with Crippen molar-refractivity contribution >= 4 is 17.6 Å². The van der Waals surface area contributed by atoms with Gasteiger partial charge in [-0.15, -0.1) is 0 Å². The van der Waals surface area contributed by atoms with Gasteiger partial charge in [0.2, 0.25) is 0 Å². The molecule has 9 nitrogen and oxygen atoms in total. The Morgan fingerprint density at radius 2 is 1.75 bits per heavy atom. The number of hydrogen-bond donors (Lipinski definition) is 3. The van der Waals surface area contributed by atoms with Crippen molar-refractivity contribution in [1.82, 2.24) is 20.4 Å². The van der Waals surface area contributed by atoms with Gasteiger partial charge in [-0.2, -0.15) is 0 Å². The lowest BCUT2D eigenvalue weighted by molar-refractivity contribution is -0.144. The zero-order valence-corrected chi connectivity index (χ0v) is 28.5. The zero-order chi connectivity index (χ0) is 36.5. The molecule has 1 saturated carbocycles. The van der Waals surface area contributed by atoms with Gasteiger partial charge in [0.1, 0.15) is 17.5 Å². The van der Waals surface area contributed by atoms with Gasteiger partial charge < -0.3 is 25.6 Å². The fourth-order valence-electron chi connectivity index (χ4n) is 7.22. The van der Waals surface area contributed by atoms with Gasteiger partial charge >= 0.3 is 5.97 Å². The fraction of sp³-hybridized carbons (Fsp3) is 0.300. The van der Waals surface area contributed by atoms with E-state index in [1.807, 2.05) is 18.3 Å². The van der Waals surface area contributed by atoms with E-state index in [0.717, 1.165) is 43.3 Å². The molecule has 0 bridgehead atoms. The first kappa shape index (κ1) is 34.9. The molecule has 2 aliphatic carbocycles. The Labute approximate surface area is 298 Å². The molecule has 1 aliphatic heterocycles. The molecule has 2 fully saturated rings. The number of carbonyl (C=O) groups excluding carboxylic acids is 1. The van der Waals surface area contributed by atoms with Crippen molar-refractivity contribution in [2.75, 3.05) is 25.4 Å². The van der Waals surface area contributed by atoms with Gasteiger partial charge in [0, 0.05) is 73.8 Å². The summed E-state index contributed by atoms with van der Waals surface area (Å²) in [6.45, 7) is 4.04. The minimum atomic E-state index is -1.19. The minimum Gasteiger partial charge on any atom is -0.481 e. The van der Waals surface area contributed by atoms with Gasteiger partial charge in [-0.05, 0) is 65.1 Å². The second-order valence-electron chi connectivity index (χ2n) is 13.7.